The van der Waals surface area contributed by atoms with Crippen LogP contribution >= 0.6 is 7.82 Å². The summed E-state index contributed by atoms with van der Waals surface area (Å²) in [6, 6.07) is -1.47. The number of aliphatic carboxylic acids is 1. The molecule has 0 aliphatic heterocycles. The molecule has 4 N–H and O–H groups in total. The highest BCUT2D eigenvalue weighted by Gasteiger charge is 2.27. The zero-order chi connectivity index (χ0) is 44.8. The highest BCUT2D eigenvalue weighted by Crippen LogP contribution is 2.43. The second-order valence-corrected chi connectivity index (χ2v) is 19.5. The van der Waals surface area contributed by atoms with Gasteiger partial charge < -0.3 is 25.2 Å². The molecule has 0 fully saturated rings. The zero-order valence-corrected chi connectivity index (χ0v) is 40.9. The Bertz CT molecular complexity index is 987. The van der Waals surface area contributed by atoms with Gasteiger partial charge in [-0.05, 0) is 12.8 Å². The van der Waals surface area contributed by atoms with Crippen molar-refractivity contribution in [1.82, 2.24) is 0 Å². The van der Waals surface area contributed by atoms with Crippen molar-refractivity contribution in [3.63, 3.8) is 0 Å². The monoisotopic (exact) mass is 890 g/mol. The van der Waals surface area contributed by atoms with E-state index in [1.807, 2.05) is 0 Å². The average molecular weight is 890 g/mol. The van der Waals surface area contributed by atoms with E-state index >= 15 is 0 Å². The van der Waals surface area contributed by atoms with Gasteiger partial charge in [0.05, 0.1) is 19.8 Å². The van der Waals surface area contributed by atoms with E-state index in [0.717, 1.165) is 38.5 Å². The summed E-state index contributed by atoms with van der Waals surface area (Å²) in [4.78, 5) is 33.7. The number of carboxylic acids is 1. The summed E-state index contributed by atoms with van der Waals surface area (Å²) in [5.74, 6) is -1.76. The van der Waals surface area contributed by atoms with Crippen LogP contribution in [0.4, 0.5) is 0 Å². The first kappa shape index (κ1) is 60.0. The van der Waals surface area contributed by atoms with Crippen molar-refractivity contribution in [2.24, 2.45) is 5.73 Å². The SMILES string of the molecule is CCCCCCCCCCCCCCCCCCCCCCCCCOCC(COP(=O)(O)OCC(N)C(=O)O)OC(=O)CCCCCCCCCCCCCCCCCC. The number of phosphoric acid groups is 1. The Morgan fingerprint density at radius 2 is 0.754 bits per heavy atom. The molecule has 0 aliphatic carbocycles. The van der Waals surface area contributed by atoms with Crippen LogP contribution in [0.5, 0.6) is 0 Å². The van der Waals surface area contributed by atoms with Crippen molar-refractivity contribution in [3.8, 4) is 0 Å². The number of nitrogens with two attached hydrogens (primary N) is 1. The minimum atomic E-state index is -4.61. The van der Waals surface area contributed by atoms with E-state index in [1.165, 1.54) is 212 Å². The van der Waals surface area contributed by atoms with Crippen LogP contribution in [0.2, 0.25) is 0 Å². The molecule has 0 aliphatic rings. The Labute approximate surface area is 376 Å². The van der Waals surface area contributed by atoms with Gasteiger partial charge in [-0.15, -0.1) is 0 Å². The van der Waals surface area contributed by atoms with Gasteiger partial charge in [0.1, 0.15) is 12.1 Å². The lowest BCUT2D eigenvalue weighted by molar-refractivity contribution is -0.154. The van der Waals surface area contributed by atoms with Gasteiger partial charge in [0.15, 0.2) is 0 Å². The number of carbonyl (C=O) groups is 2. The molecule has 0 saturated carbocycles. The Balaban J connectivity index is 4.04. The van der Waals surface area contributed by atoms with Crippen molar-refractivity contribution >= 4 is 19.8 Å². The Morgan fingerprint density at radius 1 is 0.459 bits per heavy atom. The van der Waals surface area contributed by atoms with E-state index < -0.39 is 45.1 Å². The summed E-state index contributed by atoms with van der Waals surface area (Å²) < 4.78 is 33.5. The van der Waals surface area contributed by atoms with Crippen molar-refractivity contribution < 1.29 is 42.7 Å². The molecule has 0 heterocycles. The fraction of sp³-hybridized carbons (Fsp3) is 0.960. The van der Waals surface area contributed by atoms with Gasteiger partial charge in [-0.3, -0.25) is 18.6 Å². The van der Waals surface area contributed by atoms with Crippen LogP contribution in [0.1, 0.15) is 271 Å². The number of ether oxygens (including phenoxy) is 2. The van der Waals surface area contributed by atoms with Crippen LogP contribution in [-0.2, 0) is 32.7 Å². The Morgan fingerprint density at radius 3 is 1.08 bits per heavy atom. The first-order valence-corrected chi connectivity index (χ1v) is 27.6. The van der Waals surface area contributed by atoms with E-state index in [2.05, 4.69) is 13.8 Å². The second-order valence-electron chi connectivity index (χ2n) is 18.0. The summed E-state index contributed by atoms with van der Waals surface area (Å²) >= 11 is 0. The number of esters is 1. The first-order valence-electron chi connectivity index (χ1n) is 26.1. The Hall–Kier alpha value is -1.03. The Kier molecular flexibility index (Phi) is 46.2. The van der Waals surface area contributed by atoms with Crippen LogP contribution in [0.15, 0.2) is 0 Å². The normalized spacial score (nSPS) is 13.6. The highest BCUT2D eigenvalue weighted by atomic mass is 31.2. The van der Waals surface area contributed by atoms with Crippen LogP contribution in [0.25, 0.3) is 0 Å². The molecule has 0 amide bonds. The molecular formula is C50H100NO9P. The molecule has 10 nitrogen and oxygen atoms in total. The molecular weight excluding hydrogens is 790 g/mol. The molecule has 0 radical (unpaired) electrons. The predicted molar refractivity (Wildman–Crippen MR) is 254 cm³/mol. The van der Waals surface area contributed by atoms with Gasteiger partial charge in [0, 0.05) is 13.0 Å². The standard InChI is InChI=1S/C50H100NO9P/c1-3-5-7-9-11-13-15-17-19-21-22-23-24-25-26-27-29-31-33-35-37-39-41-43-57-44-47(45-58-61(55,56)59-46-48(51)50(53)54)60-49(52)42-40-38-36-34-32-30-28-20-18-16-14-12-10-8-6-4-2/h47-48H,3-46,51H2,1-2H3,(H,53,54)(H,55,56). The third-order valence-electron chi connectivity index (χ3n) is 11.9. The lowest BCUT2D eigenvalue weighted by Crippen LogP contribution is -2.34. The summed E-state index contributed by atoms with van der Waals surface area (Å²) in [5, 5.41) is 8.92. The van der Waals surface area contributed by atoms with Gasteiger partial charge in [0.2, 0.25) is 0 Å². The number of rotatable bonds is 51. The smallest absolute Gasteiger partial charge is 0.472 e. The van der Waals surface area contributed by atoms with Gasteiger partial charge in [-0.1, -0.05) is 251 Å². The first-order chi connectivity index (χ1) is 29.7. The zero-order valence-electron chi connectivity index (χ0n) is 40.0. The van der Waals surface area contributed by atoms with Crippen LogP contribution < -0.4 is 5.73 Å². The molecule has 3 atom stereocenters. The molecule has 61 heavy (non-hydrogen) atoms. The molecule has 0 aromatic carbocycles. The average Bonchev–Trinajstić information content (AvgIpc) is 3.24. The quantitative estimate of drug-likeness (QED) is 0.0305. The fourth-order valence-corrected chi connectivity index (χ4v) is 8.62. The lowest BCUT2D eigenvalue weighted by atomic mass is 10.0. The largest absolute Gasteiger partial charge is 0.480 e. The summed E-state index contributed by atoms with van der Waals surface area (Å²) in [5.41, 5.74) is 5.38. The second kappa shape index (κ2) is 46.9. The molecule has 0 rings (SSSR count). The van der Waals surface area contributed by atoms with E-state index in [4.69, 9.17) is 29.4 Å². The third kappa shape index (κ3) is 46.8. The number of unbranched alkanes of at least 4 members (excludes halogenated alkanes) is 37. The van der Waals surface area contributed by atoms with Gasteiger partial charge >= 0.3 is 19.8 Å². The fourth-order valence-electron chi connectivity index (χ4n) is 7.84. The molecule has 0 aromatic heterocycles. The summed E-state index contributed by atoms with van der Waals surface area (Å²) in [6.45, 7) is 3.96. The van der Waals surface area contributed by atoms with Crippen LogP contribution in [-0.4, -0.2) is 60.5 Å². The lowest BCUT2D eigenvalue weighted by Gasteiger charge is -2.20. The van der Waals surface area contributed by atoms with E-state index in [0.29, 0.717) is 6.61 Å². The van der Waals surface area contributed by atoms with E-state index in [1.54, 1.807) is 0 Å². The third-order valence-corrected chi connectivity index (χ3v) is 12.8. The predicted octanol–water partition coefficient (Wildman–Crippen LogP) is 15.1. The van der Waals surface area contributed by atoms with Gasteiger partial charge in [-0.2, -0.15) is 0 Å². The minimum absolute atomic E-state index is 0.0264. The van der Waals surface area contributed by atoms with E-state index in [-0.39, 0.29) is 13.0 Å². The van der Waals surface area contributed by atoms with Crippen molar-refractivity contribution in [2.45, 2.75) is 283 Å². The molecule has 3 unspecified atom stereocenters. The molecule has 11 heteroatoms. The molecule has 0 aromatic rings. The molecule has 0 saturated heterocycles. The number of carboxylic acid groups (broad SMARTS) is 1. The number of phosphoric ester groups is 1. The summed E-state index contributed by atoms with van der Waals surface area (Å²) in [6.07, 6.45) is 50.2. The topological polar surface area (TPSA) is 155 Å². The van der Waals surface area contributed by atoms with Crippen molar-refractivity contribution in [3.05, 3.63) is 0 Å². The summed E-state index contributed by atoms with van der Waals surface area (Å²) in [7, 11) is -4.61. The molecule has 0 bridgehead atoms. The number of carbonyl (C=O) groups excluding carboxylic acids is 1. The van der Waals surface area contributed by atoms with Crippen LogP contribution in [0, 0.1) is 0 Å². The van der Waals surface area contributed by atoms with Crippen LogP contribution in [0.3, 0.4) is 0 Å². The maximum atomic E-state index is 12.7. The highest BCUT2D eigenvalue weighted by molar-refractivity contribution is 7.47. The maximum Gasteiger partial charge on any atom is 0.472 e. The van der Waals surface area contributed by atoms with Gasteiger partial charge in [-0.25, -0.2) is 4.57 Å². The van der Waals surface area contributed by atoms with E-state index in [9.17, 15) is 19.0 Å². The number of hydrogen-bond donors (Lipinski definition) is 3. The minimum Gasteiger partial charge on any atom is -0.480 e. The molecule has 364 valence electrons. The number of hydrogen-bond acceptors (Lipinski definition) is 8. The maximum absolute atomic E-state index is 12.7. The van der Waals surface area contributed by atoms with Crippen molar-refractivity contribution in [2.75, 3.05) is 26.4 Å². The molecule has 0 spiro atoms. The van der Waals surface area contributed by atoms with Gasteiger partial charge in [0.25, 0.3) is 0 Å². The van der Waals surface area contributed by atoms with Crippen molar-refractivity contribution in [1.29, 1.82) is 0 Å².